The first-order valence-electron chi connectivity index (χ1n) is 9.13. The maximum atomic E-state index is 12.6. The Labute approximate surface area is 174 Å². The summed E-state index contributed by atoms with van der Waals surface area (Å²) < 4.78 is 10.9. The zero-order valence-corrected chi connectivity index (χ0v) is 17.1. The molecule has 1 aromatic heterocycles. The molecule has 0 aliphatic rings. The van der Waals surface area contributed by atoms with Crippen LogP contribution in [0.1, 0.15) is 17.0 Å². The number of nitrogens with zero attached hydrogens (tertiary/aromatic N) is 3. The molecule has 0 fully saturated rings. The van der Waals surface area contributed by atoms with Crippen LogP contribution in [0.4, 0.5) is 0 Å². The molecule has 7 heteroatoms. The third-order valence-corrected chi connectivity index (χ3v) is 4.69. The summed E-state index contributed by atoms with van der Waals surface area (Å²) in [5, 5.41) is 4.67. The highest BCUT2D eigenvalue weighted by Gasteiger charge is 2.18. The van der Waals surface area contributed by atoms with Crippen LogP contribution in [0.15, 0.2) is 59.6 Å². The van der Waals surface area contributed by atoms with Crippen LogP contribution in [0, 0.1) is 13.8 Å². The van der Waals surface area contributed by atoms with Gasteiger partial charge in [-0.05, 0) is 43.7 Å². The van der Waals surface area contributed by atoms with Crippen LogP contribution in [0.3, 0.4) is 0 Å². The van der Waals surface area contributed by atoms with E-state index in [0.717, 1.165) is 16.7 Å². The molecule has 29 heavy (non-hydrogen) atoms. The molecule has 0 N–H and O–H groups in total. The molecule has 1 heterocycles. The van der Waals surface area contributed by atoms with Crippen molar-refractivity contribution in [3.05, 3.63) is 77.2 Å². The van der Waals surface area contributed by atoms with E-state index in [-0.39, 0.29) is 19.1 Å². The summed E-state index contributed by atoms with van der Waals surface area (Å²) in [5.41, 5.74) is 2.85. The largest absolute Gasteiger partial charge is 0.484 e. The Morgan fingerprint density at radius 3 is 2.83 bits per heavy atom. The summed E-state index contributed by atoms with van der Waals surface area (Å²) in [6.07, 6.45) is 1.64. The minimum absolute atomic E-state index is 0.117. The van der Waals surface area contributed by atoms with Gasteiger partial charge in [-0.1, -0.05) is 46.6 Å². The lowest BCUT2D eigenvalue weighted by Crippen LogP contribution is -2.34. The fraction of sp³-hybridized carbons (Fsp3) is 0.227. The number of halogens is 1. The quantitative estimate of drug-likeness (QED) is 0.506. The van der Waals surface area contributed by atoms with E-state index in [2.05, 4.69) is 16.7 Å². The molecule has 150 valence electrons. The first-order valence-corrected chi connectivity index (χ1v) is 9.51. The van der Waals surface area contributed by atoms with Gasteiger partial charge in [0.25, 0.3) is 5.91 Å². The molecule has 0 aliphatic heterocycles. The van der Waals surface area contributed by atoms with Crippen molar-refractivity contribution >= 4 is 17.5 Å². The fourth-order valence-corrected chi connectivity index (χ4v) is 2.86. The average Bonchev–Trinajstić information content (AvgIpc) is 3.17. The molecule has 0 aliphatic carbocycles. The van der Waals surface area contributed by atoms with Crippen molar-refractivity contribution in [3.8, 4) is 17.1 Å². The van der Waals surface area contributed by atoms with Gasteiger partial charge in [0.05, 0.1) is 0 Å². The van der Waals surface area contributed by atoms with Crippen molar-refractivity contribution in [2.45, 2.75) is 20.4 Å². The molecule has 6 nitrogen and oxygen atoms in total. The molecule has 3 aromatic rings. The van der Waals surface area contributed by atoms with Crippen LogP contribution in [0.25, 0.3) is 11.4 Å². The van der Waals surface area contributed by atoms with Crippen molar-refractivity contribution in [2.75, 3.05) is 13.2 Å². The number of carbonyl (C=O) groups is 1. The zero-order chi connectivity index (χ0) is 20.8. The van der Waals surface area contributed by atoms with Gasteiger partial charge in [0.15, 0.2) is 6.61 Å². The third-order valence-electron chi connectivity index (χ3n) is 4.26. The topological polar surface area (TPSA) is 68.5 Å². The van der Waals surface area contributed by atoms with Gasteiger partial charge < -0.3 is 14.2 Å². The maximum absolute atomic E-state index is 12.6. The minimum atomic E-state index is -0.215. The number of aromatic nitrogens is 2. The molecular weight excluding hydrogens is 390 g/mol. The van der Waals surface area contributed by atoms with Crippen LogP contribution in [0.2, 0.25) is 5.02 Å². The summed E-state index contributed by atoms with van der Waals surface area (Å²) >= 11 is 6.02. The molecule has 0 bridgehead atoms. The van der Waals surface area contributed by atoms with E-state index in [1.165, 1.54) is 0 Å². The second-order valence-corrected chi connectivity index (χ2v) is 7.05. The van der Waals surface area contributed by atoms with Crippen LogP contribution in [0.5, 0.6) is 5.75 Å². The van der Waals surface area contributed by atoms with Gasteiger partial charge >= 0.3 is 0 Å². The molecular formula is C22H22ClN3O3. The lowest BCUT2D eigenvalue weighted by Gasteiger charge is -2.19. The molecule has 0 saturated heterocycles. The van der Waals surface area contributed by atoms with Crippen molar-refractivity contribution in [3.63, 3.8) is 0 Å². The SMILES string of the molecule is C=CCN(Cc1nc(-c2cccc(C)c2)no1)C(=O)COc1ccc(Cl)c(C)c1. The normalized spacial score (nSPS) is 10.6. The van der Waals surface area contributed by atoms with E-state index in [9.17, 15) is 4.79 Å². The van der Waals surface area contributed by atoms with E-state index in [1.54, 1.807) is 29.2 Å². The molecule has 0 saturated carbocycles. The molecule has 0 radical (unpaired) electrons. The Kier molecular flexibility index (Phi) is 6.67. The Hall–Kier alpha value is -3.12. The van der Waals surface area contributed by atoms with Gasteiger partial charge in [-0.15, -0.1) is 6.58 Å². The summed E-state index contributed by atoms with van der Waals surface area (Å²) in [6.45, 7) is 7.98. The Morgan fingerprint density at radius 2 is 2.10 bits per heavy atom. The number of carbonyl (C=O) groups excluding carboxylic acids is 1. The maximum Gasteiger partial charge on any atom is 0.261 e. The first kappa shape index (κ1) is 20.6. The summed E-state index contributed by atoms with van der Waals surface area (Å²) in [7, 11) is 0. The van der Waals surface area contributed by atoms with Crippen molar-refractivity contribution < 1.29 is 14.1 Å². The Balaban J connectivity index is 1.65. The third kappa shape index (κ3) is 5.45. The van der Waals surface area contributed by atoms with Crippen molar-refractivity contribution in [1.29, 1.82) is 0 Å². The second kappa shape index (κ2) is 9.39. The zero-order valence-electron chi connectivity index (χ0n) is 16.4. The molecule has 0 spiro atoms. The van der Waals surface area contributed by atoms with Crippen LogP contribution < -0.4 is 4.74 Å². The van der Waals surface area contributed by atoms with Gasteiger partial charge in [-0.2, -0.15) is 4.98 Å². The molecule has 1 amide bonds. The number of amides is 1. The predicted molar refractivity (Wildman–Crippen MR) is 112 cm³/mol. The number of hydrogen-bond donors (Lipinski definition) is 0. The lowest BCUT2D eigenvalue weighted by atomic mass is 10.1. The Bertz CT molecular complexity index is 1020. The smallest absolute Gasteiger partial charge is 0.261 e. The van der Waals surface area contributed by atoms with E-state index in [1.807, 2.05) is 38.1 Å². The number of rotatable bonds is 8. The average molecular weight is 412 g/mol. The van der Waals surface area contributed by atoms with E-state index in [4.69, 9.17) is 20.9 Å². The molecule has 0 atom stereocenters. The predicted octanol–water partition coefficient (Wildman–Crippen LogP) is 4.60. The number of aryl methyl sites for hydroxylation is 2. The van der Waals surface area contributed by atoms with Gasteiger partial charge in [-0.3, -0.25) is 4.79 Å². The summed E-state index contributed by atoms with van der Waals surface area (Å²) in [5.74, 6) is 1.20. The minimum Gasteiger partial charge on any atom is -0.484 e. The standard InChI is InChI=1S/C22H22ClN3O3/c1-4-10-26(21(27)14-28-18-8-9-19(23)16(3)12-18)13-20-24-22(25-29-20)17-7-5-6-15(2)11-17/h4-9,11-12H,1,10,13-14H2,2-3H3. The van der Waals surface area contributed by atoms with Crippen LogP contribution in [-0.4, -0.2) is 34.1 Å². The van der Waals surface area contributed by atoms with Gasteiger partial charge in [0, 0.05) is 17.1 Å². The van der Waals surface area contributed by atoms with Gasteiger partial charge in [0.2, 0.25) is 11.7 Å². The first-order chi connectivity index (χ1) is 14.0. The molecule has 2 aromatic carbocycles. The van der Waals surface area contributed by atoms with E-state index < -0.39 is 0 Å². The lowest BCUT2D eigenvalue weighted by molar-refractivity contribution is -0.133. The summed E-state index contributed by atoms with van der Waals surface area (Å²) in [4.78, 5) is 18.6. The highest BCUT2D eigenvalue weighted by Crippen LogP contribution is 2.21. The second-order valence-electron chi connectivity index (χ2n) is 6.64. The highest BCUT2D eigenvalue weighted by atomic mass is 35.5. The van der Waals surface area contributed by atoms with Crippen molar-refractivity contribution in [1.82, 2.24) is 15.0 Å². The van der Waals surface area contributed by atoms with E-state index in [0.29, 0.717) is 29.0 Å². The van der Waals surface area contributed by atoms with Crippen LogP contribution >= 0.6 is 11.6 Å². The van der Waals surface area contributed by atoms with Crippen molar-refractivity contribution in [2.24, 2.45) is 0 Å². The molecule has 3 rings (SSSR count). The van der Waals surface area contributed by atoms with Crippen LogP contribution in [-0.2, 0) is 11.3 Å². The highest BCUT2D eigenvalue weighted by molar-refractivity contribution is 6.31. The number of ether oxygens (including phenoxy) is 1. The molecule has 0 unspecified atom stereocenters. The fourth-order valence-electron chi connectivity index (χ4n) is 2.74. The summed E-state index contributed by atoms with van der Waals surface area (Å²) in [6, 6.07) is 13.1. The number of benzene rings is 2. The Morgan fingerprint density at radius 1 is 1.28 bits per heavy atom. The number of hydrogen-bond acceptors (Lipinski definition) is 5. The monoisotopic (exact) mass is 411 g/mol. The van der Waals surface area contributed by atoms with E-state index >= 15 is 0 Å². The van der Waals surface area contributed by atoms with Gasteiger partial charge in [0.1, 0.15) is 12.3 Å². The van der Waals surface area contributed by atoms with Gasteiger partial charge in [-0.25, -0.2) is 0 Å².